The first-order chi connectivity index (χ1) is 16.8. The van der Waals surface area contributed by atoms with E-state index in [1.165, 1.54) is 46.2 Å². The van der Waals surface area contributed by atoms with Crippen LogP contribution < -0.4 is 14.5 Å². The minimum Gasteiger partial charge on any atom is -0.426 e. The third kappa shape index (κ3) is 4.16. The molecule has 35 heavy (non-hydrogen) atoms. The normalized spacial score (nSPS) is 24.0. The first-order valence-electron chi connectivity index (χ1n) is 11.6. The van der Waals surface area contributed by atoms with Gasteiger partial charge in [-0.3, -0.25) is 34.2 Å². The van der Waals surface area contributed by atoms with E-state index in [1.54, 1.807) is 12.1 Å². The predicted molar refractivity (Wildman–Crippen MR) is 124 cm³/mol. The van der Waals surface area contributed by atoms with Crippen LogP contribution in [0.25, 0.3) is 0 Å². The zero-order valence-corrected chi connectivity index (χ0v) is 18.8. The number of nitro benzene ring substituents is 1. The maximum absolute atomic E-state index is 12.8. The second-order valence-corrected chi connectivity index (χ2v) is 9.10. The molecule has 0 aromatic heterocycles. The number of nitrogens with zero attached hydrogens (tertiary/aromatic N) is 3. The summed E-state index contributed by atoms with van der Waals surface area (Å²) in [4.78, 5) is 63.6. The number of hydrogen-bond donors (Lipinski definition) is 0. The molecule has 0 radical (unpaired) electrons. The summed E-state index contributed by atoms with van der Waals surface area (Å²) in [5.41, 5.74) is 0.839. The number of ether oxygens (including phenoxy) is 1. The van der Waals surface area contributed by atoms with Crippen molar-refractivity contribution >= 4 is 40.8 Å². The minimum absolute atomic E-state index is 0.0343. The fourth-order valence-electron chi connectivity index (χ4n) is 5.15. The van der Waals surface area contributed by atoms with Gasteiger partial charge in [0.25, 0.3) is 5.69 Å². The minimum atomic E-state index is -0.692. The lowest BCUT2D eigenvalue weighted by atomic mass is 9.81. The zero-order chi connectivity index (χ0) is 24.7. The van der Waals surface area contributed by atoms with Crippen molar-refractivity contribution in [3.63, 3.8) is 0 Å². The number of nitro groups is 1. The highest BCUT2D eigenvalue weighted by molar-refractivity contribution is 6.22. The Labute approximate surface area is 200 Å². The van der Waals surface area contributed by atoms with Gasteiger partial charge in [0.1, 0.15) is 5.75 Å². The molecule has 2 heterocycles. The van der Waals surface area contributed by atoms with Crippen molar-refractivity contribution < 1.29 is 28.8 Å². The van der Waals surface area contributed by atoms with E-state index in [0.29, 0.717) is 11.4 Å². The summed E-state index contributed by atoms with van der Waals surface area (Å²) in [7, 11) is 0. The lowest BCUT2D eigenvalue weighted by Crippen LogP contribution is -2.30. The number of carbonyl (C=O) groups is 4. The SMILES string of the molecule is O=C(Oc1ccc(N2C(=O)[C@@H]3CCCC[C@H]3C2=O)cc1)[C@@H]1CC(=O)N(c2ccc([N+](=O)[O-])cc2)C1. The van der Waals surface area contributed by atoms with Crippen LogP contribution >= 0.6 is 0 Å². The fourth-order valence-corrected chi connectivity index (χ4v) is 5.15. The summed E-state index contributed by atoms with van der Waals surface area (Å²) in [6, 6.07) is 11.8. The van der Waals surface area contributed by atoms with Crippen molar-refractivity contribution in [2.45, 2.75) is 32.1 Å². The van der Waals surface area contributed by atoms with Crippen LogP contribution in [-0.2, 0) is 19.2 Å². The standard InChI is InChI=1S/C25H23N3O7/c29-22-13-15(14-26(22)16-5-7-18(8-6-16)28(33)34)25(32)35-19-11-9-17(10-12-19)27-23(30)20-3-1-2-4-21(20)24(27)31/h5-12,15,20-21H,1-4,13-14H2/t15-,20-,21-/m1/s1. The quantitative estimate of drug-likeness (QED) is 0.213. The smallest absolute Gasteiger partial charge is 0.316 e. The molecule has 2 aromatic rings. The van der Waals surface area contributed by atoms with Crippen LogP contribution in [0.2, 0.25) is 0 Å². The fraction of sp³-hybridized carbons (Fsp3) is 0.360. The van der Waals surface area contributed by atoms with Gasteiger partial charge in [-0.25, -0.2) is 0 Å². The summed E-state index contributed by atoms with van der Waals surface area (Å²) in [5.74, 6) is -2.11. The third-order valence-electron chi connectivity index (χ3n) is 6.99. The molecule has 10 heteroatoms. The van der Waals surface area contributed by atoms with Crippen molar-refractivity contribution in [2.24, 2.45) is 17.8 Å². The number of esters is 1. The highest BCUT2D eigenvalue weighted by atomic mass is 16.6. The molecule has 0 N–H and O–H groups in total. The monoisotopic (exact) mass is 477 g/mol. The average Bonchev–Trinajstić information content (AvgIpc) is 3.37. The molecular weight excluding hydrogens is 454 g/mol. The lowest BCUT2D eigenvalue weighted by Gasteiger charge is -2.19. The van der Waals surface area contributed by atoms with Crippen LogP contribution in [0.3, 0.4) is 0 Å². The summed E-state index contributed by atoms with van der Waals surface area (Å²) >= 11 is 0. The number of rotatable bonds is 5. The van der Waals surface area contributed by atoms with Gasteiger partial charge >= 0.3 is 5.97 Å². The van der Waals surface area contributed by atoms with Crippen LogP contribution in [0.15, 0.2) is 48.5 Å². The molecule has 180 valence electrons. The Balaban J connectivity index is 1.23. The molecule has 3 amide bonds. The van der Waals surface area contributed by atoms with Crippen LogP contribution in [0, 0.1) is 27.9 Å². The average molecular weight is 477 g/mol. The van der Waals surface area contributed by atoms with E-state index < -0.39 is 16.8 Å². The molecular formula is C25H23N3O7. The van der Waals surface area contributed by atoms with Crippen molar-refractivity contribution in [3.8, 4) is 5.75 Å². The molecule has 1 saturated carbocycles. The largest absolute Gasteiger partial charge is 0.426 e. The Morgan fingerprint density at radius 3 is 2.03 bits per heavy atom. The van der Waals surface area contributed by atoms with Crippen molar-refractivity contribution in [2.75, 3.05) is 16.3 Å². The molecule has 0 unspecified atom stereocenters. The van der Waals surface area contributed by atoms with Gasteiger partial charge in [0.15, 0.2) is 0 Å². The number of hydrogen-bond acceptors (Lipinski definition) is 7. The van der Waals surface area contributed by atoms with Crippen molar-refractivity contribution in [1.29, 1.82) is 0 Å². The van der Waals surface area contributed by atoms with Gasteiger partial charge in [-0.1, -0.05) is 12.8 Å². The second-order valence-electron chi connectivity index (χ2n) is 9.10. The van der Waals surface area contributed by atoms with E-state index in [-0.39, 0.29) is 54.0 Å². The molecule has 2 aliphatic heterocycles. The highest BCUT2D eigenvalue weighted by Gasteiger charge is 2.48. The van der Waals surface area contributed by atoms with Crippen LogP contribution in [0.1, 0.15) is 32.1 Å². The molecule has 3 atom stereocenters. The topological polar surface area (TPSA) is 127 Å². The predicted octanol–water partition coefficient (Wildman–Crippen LogP) is 3.23. The van der Waals surface area contributed by atoms with E-state index in [9.17, 15) is 29.3 Å². The Morgan fingerprint density at radius 2 is 1.46 bits per heavy atom. The first-order valence-corrected chi connectivity index (χ1v) is 11.6. The number of anilines is 2. The first kappa shape index (κ1) is 22.7. The van der Waals surface area contributed by atoms with Gasteiger partial charge in [-0.2, -0.15) is 0 Å². The number of amides is 3. The van der Waals surface area contributed by atoms with Crippen LogP contribution in [0.4, 0.5) is 17.1 Å². The van der Waals surface area contributed by atoms with Crippen molar-refractivity contribution in [1.82, 2.24) is 0 Å². The molecule has 0 bridgehead atoms. The van der Waals surface area contributed by atoms with E-state index in [2.05, 4.69) is 0 Å². The van der Waals surface area contributed by atoms with E-state index in [1.807, 2.05) is 0 Å². The summed E-state index contributed by atoms with van der Waals surface area (Å²) in [6.07, 6.45) is 3.34. The Kier molecular flexibility index (Phi) is 5.80. The Hall–Kier alpha value is -4.08. The lowest BCUT2D eigenvalue weighted by molar-refractivity contribution is -0.384. The Morgan fingerprint density at radius 1 is 0.886 bits per heavy atom. The maximum Gasteiger partial charge on any atom is 0.316 e. The summed E-state index contributed by atoms with van der Waals surface area (Å²) < 4.78 is 5.45. The Bertz CT molecular complexity index is 1180. The number of carbonyl (C=O) groups excluding carboxylic acids is 4. The zero-order valence-electron chi connectivity index (χ0n) is 18.8. The van der Waals surface area contributed by atoms with Crippen LogP contribution in [-0.4, -0.2) is 35.2 Å². The summed E-state index contributed by atoms with van der Waals surface area (Å²) in [6.45, 7) is 0.104. The molecule has 0 spiro atoms. The summed E-state index contributed by atoms with van der Waals surface area (Å²) in [5, 5.41) is 10.8. The number of non-ortho nitro benzene ring substituents is 1. The molecule has 10 nitrogen and oxygen atoms in total. The maximum atomic E-state index is 12.8. The third-order valence-corrected chi connectivity index (χ3v) is 6.99. The van der Waals surface area contributed by atoms with E-state index in [4.69, 9.17) is 4.74 Å². The number of imide groups is 1. The number of fused-ring (bicyclic) bond motifs is 1. The van der Waals surface area contributed by atoms with E-state index in [0.717, 1.165) is 25.7 Å². The van der Waals surface area contributed by atoms with Gasteiger partial charge in [0.05, 0.1) is 28.4 Å². The van der Waals surface area contributed by atoms with Gasteiger partial charge in [0, 0.05) is 30.8 Å². The highest BCUT2D eigenvalue weighted by Crippen LogP contribution is 2.40. The van der Waals surface area contributed by atoms with Gasteiger partial charge in [-0.15, -0.1) is 0 Å². The molecule has 2 aromatic carbocycles. The van der Waals surface area contributed by atoms with Gasteiger partial charge in [0.2, 0.25) is 17.7 Å². The number of benzene rings is 2. The second kappa shape index (κ2) is 8.94. The van der Waals surface area contributed by atoms with Crippen LogP contribution in [0.5, 0.6) is 5.75 Å². The van der Waals surface area contributed by atoms with Gasteiger partial charge in [-0.05, 0) is 49.2 Å². The molecule has 3 aliphatic rings. The van der Waals surface area contributed by atoms with E-state index >= 15 is 0 Å². The molecule has 2 saturated heterocycles. The van der Waals surface area contributed by atoms with Crippen molar-refractivity contribution in [3.05, 3.63) is 58.6 Å². The molecule has 5 rings (SSSR count). The molecule has 1 aliphatic carbocycles. The molecule has 3 fully saturated rings. The van der Waals surface area contributed by atoms with Gasteiger partial charge < -0.3 is 9.64 Å².